The van der Waals surface area contributed by atoms with E-state index in [0.717, 1.165) is 11.1 Å². The molecule has 1 N–H and O–H groups in total. The molecule has 1 aliphatic carbocycles. The van der Waals surface area contributed by atoms with Crippen LogP contribution in [0.25, 0.3) is 0 Å². The smallest absolute Gasteiger partial charge is 0.230 e. The van der Waals surface area contributed by atoms with Gasteiger partial charge in [0.05, 0.1) is 17.3 Å². The Bertz CT molecular complexity index is 1130. The van der Waals surface area contributed by atoms with E-state index in [0.29, 0.717) is 37.5 Å². The molecule has 1 saturated carbocycles. The van der Waals surface area contributed by atoms with Crippen LogP contribution in [0.15, 0.2) is 53.4 Å². The predicted molar refractivity (Wildman–Crippen MR) is 126 cm³/mol. The fraction of sp³-hybridized carbons (Fsp3) is 0.462. The van der Waals surface area contributed by atoms with Crippen LogP contribution in [0.3, 0.4) is 0 Å². The molecule has 2 fully saturated rings. The van der Waals surface area contributed by atoms with Crippen LogP contribution >= 0.6 is 0 Å². The first-order chi connectivity index (χ1) is 15.6. The van der Waals surface area contributed by atoms with Gasteiger partial charge in [-0.05, 0) is 60.9 Å². The fourth-order valence-corrected chi connectivity index (χ4v) is 6.07. The lowest BCUT2D eigenvalue weighted by molar-refractivity contribution is -0.136. The Morgan fingerprint density at radius 1 is 1.03 bits per heavy atom. The number of nitrogens with one attached hydrogen (secondary N) is 1. The SMILES string of the molecule is CC(C)(CS(=O)(=O)c1cccc(OCC2CC2)c1)c1ccc(CC2CCC(=O)NC2=O)cc1. The van der Waals surface area contributed by atoms with Crippen LogP contribution < -0.4 is 10.1 Å². The van der Waals surface area contributed by atoms with Crippen molar-refractivity contribution in [2.24, 2.45) is 11.8 Å². The molecule has 4 rings (SSSR count). The molecule has 1 heterocycles. The van der Waals surface area contributed by atoms with Gasteiger partial charge in [0.1, 0.15) is 5.75 Å². The van der Waals surface area contributed by atoms with Gasteiger partial charge in [0.25, 0.3) is 0 Å². The minimum atomic E-state index is -3.52. The number of piperidine rings is 1. The summed E-state index contributed by atoms with van der Waals surface area (Å²) in [6.45, 7) is 4.49. The Kier molecular flexibility index (Phi) is 6.61. The van der Waals surface area contributed by atoms with Crippen LogP contribution in [0.4, 0.5) is 0 Å². The molecule has 176 valence electrons. The fourth-order valence-electron chi connectivity index (χ4n) is 4.21. The Hall–Kier alpha value is -2.67. The Labute approximate surface area is 195 Å². The van der Waals surface area contributed by atoms with Gasteiger partial charge in [0.2, 0.25) is 11.8 Å². The molecule has 2 amide bonds. The molecule has 6 nitrogen and oxygen atoms in total. The van der Waals surface area contributed by atoms with E-state index in [1.54, 1.807) is 24.3 Å². The number of amides is 2. The van der Waals surface area contributed by atoms with Crippen LogP contribution in [-0.2, 0) is 31.3 Å². The molecule has 1 unspecified atom stereocenters. The summed E-state index contributed by atoms with van der Waals surface area (Å²) in [7, 11) is -3.52. The Morgan fingerprint density at radius 2 is 1.76 bits per heavy atom. The van der Waals surface area contributed by atoms with Crippen LogP contribution in [0, 0.1) is 11.8 Å². The summed E-state index contributed by atoms with van der Waals surface area (Å²) in [5, 5.41) is 2.39. The van der Waals surface area contributed by atoms with E-state index in [1.807, 2.05) is 38.1 Å². The number of benzene rings is 2. The summed E-state index contributed by atoms with van der Waals surface area (Å²) in [5.41, 5.74) is 1.31. The second kappa shape index (κ2) is 9.29. The largest absolute Gasteiger partial charge is 0.493 e. The van der Waals surface area contributed by atoms with Gasteiger partial charge in [-0.1, -0.05) is 44.2 Å². The van der Waals surface area contributed by atoms with E-state index < -0.39 is 15.3 Å². The molecule has 1 aliphatic heterocycles. The van der Waals surface area contributed by atoms with E-state index in [2.05, 4.69) is 5.32 Å². The standard InChI is InChI=1S/C26H31NO5S/c1-26(2,17-33(30,31)23-5-3-4-22(15-23)32-16-19-6-7-19)21-11-8-18(9-12-21)14-20-10-13-24(28)27-25(20)29/h3-5,8-9,11-12,15,19-20H,6-7,10,13-14,16-17H2,1-2H3,(H,27,28,29). The number of hydrogen-bond donors (Lipinski definition) is 1. The minimum Gasteiger partial charge on any atom is -0.493 e. The average molecular weight is 470 g/mol. The third-order valence-electron chi connectivity index (χ3n) is 6.47. The second-order valence-corrected chi connectivity index (χ2v) is 11.9. The van der Waals surface area contributed by atoms with Gasteiger partial charge in [0, 0.05) is 17.8 Å². The third-order valence-corrected chi connectivity index (χ3v) is 8.54. The van der Waals surface area contributed by atoms with E-state index in [4.69, 9.17) is 4.74 Å². The highest BCUT2D eigenvalue weighted by Gasteiger charge is 2.30. The van der Waals surface area contributed by atoms with Crippen molar-refractivity contribution in [3.8, 4) is 5.75 Å². The molecule has 2 aromatic carbocycles. The highest BCUT2D eigenvalue weighted by molar-refractivity contribution is 7.91. The molecule has 2 aromatic rings. The van der Waals surface area contributed by atoms with Crippen molar-refractivity contribution >= 4 is 21.7 Å². The lowest BCUT2D eigenvalue weighted by atomic mass is 9.85. The molecule has 0 bridgehead atoms. The summed E-state index contributed by atoms with van der Waals surface area (Å²) in [4.78, 5) is 23.6. The number of hydrogen-bond acceptors (Lipinski definition) is 5. The van der Waals surface area contributed by atoms with Crippen molar-refractivity contribution in [2.75, 3.05) is 12.4 Å². The number of imide groups is 1. The zero-order chi connectivity index (χ0) is 23.6. The van der Waals surface area contributed by atoms with Crippen molar-refractivity contribution in [1.82, 2.24) is 5.32 Å². The Morgan fingerprint density at radius 3 is 2.42 bits per heavy atom. The van der Waals surface area contributed by atoms with E-state index in [-0.39, 0.29) is 28.4 Å². The number of ether oxygens (including phenoxy) is 1. The van der Waals surface area contributed by atoms with E-state index in [9.17, 15) is 18.0 Å². The van der Waals surface area contributed by atoms with Gasteiger partial charge in [0.15, 0.2) is 9.84 Å². The molecule has 2 aliphatic rings. The molecule has 1 atom stereocenters. The zero-order valence-corrected chi connectivity index (χ0v) is 20.0. The van der Waals surface area contributed by atoms with Crippen molar-refractivity contribution in [3.05, 3.63) is 59.7 Å². The van der Waals surface area contributed by atoms with Crippen molar-refractivity contribution in [3.63, 3.8) is 0 Å². The maximum absolute atomic E-state index is 13.2. The molecule has 7 heteroatoms. The topological polar surface area (TPSA) is 89.5 Å². The lowest BCUT2D eigenvalue weighted by Crippen LogP contribution is -2.41. The van der Waals surface area contributed by atoms with Crippen molar-refractivity contribution in [2.45, 2.75) is 56.3 Å². The number of carbonyl (C=O) groups is 2. The lowest BCUT2D eigenvalue weighted by Gasteiger charge is -2.26. The van der Waals surface area contributed by atoms with Gasteiger partial charge in [-0.3, -0.25) is 14.9 Å². The van der Waals surface area contributed by atoms with Crippen LogP contribution in [0.5, 0.6) is 5.75 Å². The second-order valence-electron chi connectivity index (χ2n) is 9.92. The quantitative estimate of drug-likeness (QED) is 0.564. The molecular weight excluding hydrogens is 438 g/mol. The van der Waals surface area contributed by atoms with Crippen molar-refractivity contribution in [1.29, 1.82) is 0 Å². The molecule has 1 saturated heterocycles. The number of carbonyl (C=O) groups excluding carboxylic acids is 2. The monoisotopic (exact) mass is 469 g/mol. The summed E-state index contributed by atoms with van der Waals surface area (Å²) < 4.78 is 32.1. The average Bonchev–Trinajstić information content (AvgIpc) is 3.59. The van der Waals surface area contributed by atoms with Gasteiger partial charge >= 0.3 is 0 Å². The zero-order valence-electron chi connectivity index (χ0n) is 19.2. The minimum absolute atomic E-state index is 0.0292. The molecule has 0 radical (unpaired) electrons. The maximum Gasteiger partial charge on any atom is 0.230 e. The van der Waals surface area contributed by atoms with E-state index in [1.165, 1.54) is 12.8 Å². The van der Waals surface area contributed by atoms with Crippen molar-refractivity contribution < 1.29 is 22.7 Å². The molecule has 33 heavy (non-hydrogen) atoms. The van der Waals surface area contributed by atoms with Gasteiger partial charge in [-0.2, -0.15) is 0 Å². The van der Waals surface area contributed by atoms with Crippen LogP contribution in [0.2, 0.25) is 0 Å². The summed E-state index contributed by atoms with van der Waals surface area (Å²) in [5.74, 6) is 0.523. The third kappa shape index (κ3) is 6.02. The first-order valence-electron chi connectivity index (χ1n) is 11.5. The predicted octanol–water partition coefficient (Wildman–Crippen LogP) is 3.82. The number of sulfone groups is 1. The van der Waals surface area contributed by atoms with E-state index >= 15 is 0 Å². The summed E-state index contributed by atoms with van der Waals surface area (Å²) in [6, 6.07) is 14.5. The first-order valence-corrected chi connectivity index (χ1v) is 13.2. The maximum atomic E-state index is 13.2. The highest BCUT2D eigenvalue weighted by atomic mass is 32.2. The Balaban J connectivity index is 1.42. The molecule has 0 aromatic heterocycles. The summed E-state index contributed by atoms with van der Waals surface area (Å²) in [6.07, 6.45) is 3.84. The van der Waals surface area contributed by atoms with Gasteiger partial charge in [-0.25, -0.2) is 8.42 Å². The first kappa shape index (κ1) is 23.5. The highest BCUT2D eigenvalue weighted by Crippen LogP contribution is 2.32. The van der Waals surface area contributed by atoms with Gasteiger partial charge < -0.3 is 4.74 Å². The molecule has 0 spiro atoms. The normalized spacial score (nSPS) is 19.3. The van der Waals surface area contributed by atoms with Crippen LogP contribution in [0.1, 0.15) is 50.7 Å². The van der Waals surface area contributed by atoms with Gasteiger partial charge in [-0.15, -0.1) is 0 Å². The summed E-state index contributed by atoms with van der Waals surface area (Å²) >= 11 is 0. The molecular formula is C26H31NO5S. The number of rotatable bonds is 9. The van der Waals surface area contributed by atoms with Crippen LogP contribution in [-0.4, -0.2) is 32.6 Å².